The fourth-order valence-corrected chi connectivity index (χ4v) is 3.44. The van der Waals surface area contributed by atoms with E-state index in [1.165, 1.54) is 10.3 Å². The first-order valence-electron chi connectivity index (χ1n) is 5.80. The number of ether oxygens (including phenoxy) is 1. The van der Waals surface area contributed by atoms with Gasteiger partial charge < -0.3 is 10.5 Å². The molecular formula is C13H16N2OS. The zero-order valence-electron chi connectivity index (χ0n) is 10.1. The number of aromatic nitrogens is 1. The zero-order valence-corrected chi connectivity index (χ0v) is 10.9. The van der Waals surface area contributed by atoms with Gasteiger partial charge in [-0.15, -0.1) is 11.3 Å². The fraction of sp³-hybridized carbons (Fsp3) is 0.462. The van der Waals surface area contributed by atoms with Gasteiger partial charge >= 0.3 is 0 Å². The molecule has 1 aliphatic rings. The van der Waals surface area contributed by atoms with Crippen molar-refractivity contribution in [3.8, 4) is 0 Å². The van der Waals surface area contributed by atoms with E-state index >= 15 is 0 Å². The molecule has 1 aromatic heterocycles. The molecule has 17 heavy (non-hydrogen) atoms. The summed E-state index contributed by atoms with van der Waals surface area (Å²) in [6.07, 6.45) is 0. The Kier molecular flexibility index (Phi) is 2.47. The van der Waals surface area contributed by atoms with Crippen molar-refractivity contribution in [3.63, 3.8) is 0 Å². The molecule has 1 aromatic carbocycles. The van der Waals surface area contributed by atoms with Crippen LogP contribution in [0.4, 0.5) is 0 Å². The van der Waals surface area contributed by atoms with Crippen molar-refractivity contribution in [3.05, 3.63) is 28.8 Å². The SMILES string of the molecule is Cc1ccc2nc(C3(C)COCC3N)sc2c1. The highest BCUT2D eigenvalue weighted by Crippen LogP contribution is 2.37. The summed E-state index contributed by atoms with van der Waals surface area (Å²) in [7, 11) is 0. The Morgan fingerprint density at radius 2 is 2.35 bits per heavy atom. The third-order valence-corrected chi connectivity index (χ3v) is 4.85. The number of benzene rings is 1. The van der Waals surface area contributed by atoms with Crippen LogP contribution >= 0.6 is 11.3 Å². The van der Waals surface area contributed by atoms with Crippen molar-refractivity contribution >= 4 is 21.6 Å². The van der Waals surface area contributed by atoms with Crippen LogP contribution in [0.2, 0.25) is 0 Å². The zero-order chi connectivity index (χ0) is 12.0. The molecule has 3 rings (SSSR count). The normalized spacial score (nSPS) is 29.0. The number of rotatable bonds is 1. The lowest BCUT2D eigenvalue weighted by Crippen LogP contribution is -2.41. The van der Waals surface area contributed by atoms with Crippen LogP contribution < -0.4 is 5.73 Å². The van der Waals surface area contributed by atoms with E-state index in [4.69, 9.17) is 15.5 Å². The molecule has 1 aliphatic heterocycles. The summed E-state index contributed by atoms with van der Waals surface area (Å²) in [5.74, 6) is 0. The van der Waals surface area contributed by atoms with Gasteiger partial charge in [-0.3, -0.25) is 0 Å². The van der Waals surface area contributed by atoms with Crippen LogP contribution in [0, 0.1) is 6.92 Å². The van der Waals surface area contributed by atoms with Crippen LogP contribution in [-0.4, -0.2) is 24.2 Å². The first-order chi connectivity index (χ1) is 8.09. The minimum Gasteiger partial charge on any atom is -0.379 e. The largest absolute Gasteiger partial charge is 0.379 e. The Labute approximate surface area is 105 Å². The van der Waals surface area contributed by atoms with E-state index in [2.05, 4.69) is 32.0 Å². The van der Waals surface area contributed by atoms with Gasteiger partial charge in [0, 0.05) is 6.04 Å². The molecule has 2 unspecified atom stereocenters. The molecule has 2 atom stereocenters. The molecule has 3 nitrogen and oxygen atoms in total. The Morgan fingerprint density at radius 1 is 1.53 bits per heavy atom. The molecule has 1 saturated heterocycles. The van der Waals surface area contributed by atoms with E-state index in [1.54, 1.807) is 11.3 Å². The maximum atomic E-state index is 6.14. The molecule has 0 amide bonds. The van der Waals surface area contributed by atoms with Crippen LogP contribution in [0.25, 0.3) is 10.2 Å². The van der Waals surface area contributed by atoms with Gasteiger partial charge in [0.25, 0.3) is 0 Å². The number of nitrogens with zero attached hydrogens (tertiary/aromatic N) is 1. The van der Waals surface area contributed by atoms with Gasteiger partial charge in [-0.25, -0.2) is 4.98 Å². The molecule has 2 N–H and O–H groups in total. The van der Waals surface area contributed by atoms with E-state index in [0.29, 0.717) is 13.2 Å². The second-order valence-electron chi connectivity index (χ2n) is 5.03. The van der Waals surface area contributed by atoms with E-state index in [9.17, 15) is 0 Å². The smallest absolute Gasteiger partial charge is 0.104 e. The maximum absolute atomic E-state index is 6.14. The third-order valence-electron chi connectivity index (χ3n) is 3.55. The third kappa shape index (κ3) is 1.68. The van der Waals surface area contributed by atoms with Crippen molar-refractivity contribution in [1.29, 1.82) is 0 Å². The summed E-state index contributed by atoms with van der Waals surface area (Å²) in [4.78, 5) is 4.72. The van der Waals surface area contributed by atoms with E-state index in [0.717, 1.165) is 10.5 Å². The number of fused-ring (bicyclic) bond motifs is 1. The fourth-order valence-electron chi connectivity index (χ4n) is 2.19. The maximum Gasteiger partial charge on any atom is 0.104 e. The van der Waals surface area contributed by atoms with Gasteiger partial charge in [0.2, 0.25) is 0 Å². The quantitative estimate of drug-likeness (QED) is 0.842. The highest BCUT2D eigenvalue weighted by Gasteiger charge is 2.41. The topological polar surface area (TPSA) is 48.1 Å². The lowest BCUT2D eigenvalue weighted by Gasteiger charge is -2.23. The number of nitrogens with two attached hydrogens (primary N) is 1. The van der Waals surface area contributed by atoms with Gasteiger partial charge in [0.05, 0.1) is 28.8 Å². The van der Waals surface area contributed by atoms with Gasteiger partial charge in [-0.05, 0) is 31.5 Å². The Bertz CT molecular complexity index is 566. The second kappa shape index (κ2) is 3.77. The number of hydrogen-bond acceptors (Lipinski definition) is 4. The molecule has 2 aromatic rings. The number of aryl methyl sites for hydroxylation is 1. The molecule has 4 heteroatoms. The Morgan fingerprint density at radius 3 is 3.06 bits per heavy atom. The average Bonchev–Trinajstić information content (AvgIpc) is 2.84. The van der Waals surface area contributed by atoms with Crippen LogP contribution in [-0.2, 0) is 10.2 Å². The summed E-state index contributed by atoms with van der Waals surface area (Å²) >= 11 is 1.74. The summed E-state index contributed by atoms with van der Waals surface area (Å²) < 4.78 is 6.72. The van der Waals surface area contributed by atoms with Gasteiger partial charge in [-0.2, -0.15) is 0 Å². The molecule has 1 fully saturated rings. The molecule has 0 saturated carbocycles. The number of thiazole rings is 1. The lowest BCUT2D eigenvalue weighted by atomic mass is 9.87. The predicted molar refractivity (Wildman–Crippen MR) is 70.5 cm³/mol. The molecule has 90 valence electrons. The highest BCUT2D eigenvalue weighted by molar-refractivity contribution is 7.18. The van der Waals surface area contributed by atoms with E-state index < -0.39 is 0 Å². The minimum atomic E-state index is -0.127. The van der Waals surface area contributed by atoms with Crippen LogP contribution in [0.15, 0.2) is 18.2 Å². The van der Waals surface area contributed by atoms with Crippen molar-refractivity contribution in [1.82, 2.24) is 4.98 Å². The molecule has 0 aliphatic carbocycles. The standard InChI is InChI=1S/C13H16N2OS/c1-8-3-4-9-10(5-8)17-12(15-9)13(2)7-16-6-11(13)14/h3-5,11H,6-7,14H2,1-2H3. The van der Waals surface area contributed by atoms with Gasteiger partial charge in [0.15, 0.2) is 0 Å². The average molecular weight is 248 g/mol. The van der Waals surface area contributed by atoms with Crippen molar-refractivity contribution in [2.75, 3.05) is 13.2 Å². The highest BCUT2D eigenvalue weighted by atomic mass is 32.1. The van der Waals surface area contributed by atoms with Crippen LogP contribution in [0.1, 0.15) is 17.5 Å². The lowest BCUT2D eigenvalue weighted by molar-refractivity contribution is 0.180. The molecule has 2 heterocycles. The van der Waals surface area contributed by atoms with E-state index in [-0.39, 0.29) is 11.5 Å². The monoisotopic (exact) mass is 248 g/mol. The Hall–Kier alpha value is -0.970. The molecule has 0 bridgehead atoms. The molecule has 0 radical (unpaired) electrons. The summed E-state index contributed by atoms with van der Waals surface area (Å²) in [5, 5.41) is 1.10. The molecule has 0 spiro atoms. The second-order valence-corrected chi connectivity index (χ2v) is 6.06. The van der Waals surface area contributed by atoms with Gasteiger partial charge in [0.1, 0.15) is 5.01 Å². The summed E-state index contributed by atoms with van der Waals surface area (Å²) in [6.45, 7) is 5.55. The summed E-state index contributed by atoms with van der Waals surface area (Å²) in [6, 6.07) is 6.40. The molecular weight excluding hydrogens is 232 g/mol. The first-order valence-corrected chi connectivity index (χ1v) is 6.62. The van der Waals surface area contributed by atoms with Crippen LogP contribution in [0.5, 0.6) is 0 Å². The van der Waals surface area contributed by atoms with E-state index in [1.807, 2.05) is 0 Å². The Balaban J connectivity index is 2.12. The first kappa shape index (κ1) is 11.1. The van der Waals surface area contributed by atoms with Crippen molar-refractivity contribution in [2.45, 2.75) is 25.3 Å². The van der Waals surface area contributed by atoms with Crippen molar-refractivity contribution < 1.29 is 4.74 Å². The van der Waals surface area contributed by atoms with Crippen molar-refractivity contribution in [2.24, 2.45) is 5.73 Å². The van der Waals surface area contributed by atoms with Crippen LogP contribution in [0.3, 0.4) is 0 Å². The predicted octanol–water partition coefficient (Wildman–Crippen LogP) is 2.22. The summed E-state index contributed by atoms with van der Waals surface area (Å²) in [5.41, 5.74) is 8.35. The minimum absolute atomic E-state index is 0.0455. The number of hydrogen-bond donors (Lipinski definition) is 1. The van der Waals surface area contributed by atoms with Gasteiger partial charge in [-0.1, -0.05) is 6.07 Å².